The lowest BCUT2D eigenvalue weighted by atomic mass is 10.2. The maximum absolute atomic E-state index is 13.2. The number of aliphatic hydroxyl groups is 1. The molecule has 1 aromatic carbocycles. The van der Waals surface area contributed by atoms with E-state index in [1.54, 1.807) is 16.9 Å². The van der Waals surface area contributed by atoms with Crippen molar-refractivity contribution in [2.45, 2.75) is 26.0 Å². The van der Waals surface area contributed by atoms with E-state index in [0.29, 0.717) is 12.2 Å². The normalized spacial score (nSPS) is 12.9. The van der Waals surface area contributed by atoms with E-state index in [2.05, 4.69) is 10.3 Å². The van der Waals surface area contributed by atoms with Crippen LogP contribution in [0.1, 0.15) is 30.0 Å². The number of aliphatic hydroxyl groups excluding tert-OH is 1. The van der Waals surface area contributed by atoms with Gasteiger partial charge >= 0.3 is 0 Å². The van der Waals surface area contributed by atoms with Gasteiger partial charge in [0, 0.05) is 16.1 Å². The highest BCUT2D eigenvalue weighted by atomic mass is 32.1. The lowest BCUT2D eigenvalue weighted by Gasteiger charge is -2.09. The van der Waals surface area contributed by atoms with Crippen LogP contribution in [0, 0.1) is 5.82 Å². The second-order valence-electron chi connectivity index (χ2n) is 4.62. The third-order valence-electron chi connectivity index (χ3n) is 3.13. The predicted octanol–water partition coefficient (Wildman–Crippen LogP) is 3.12. The molecule has 6 heteroatoms. The zero-order valence-corrected chi connectivity index (χ0v) is 11.8. The standard InChI is InChI=1S/C14H14FN3OS/c1-2-5-18-11(8-16-17-18)14(19)13-7-9-6-10(15)3-4-12(9)20-13/h3-4,6-8,14,19H,2,5H2,1H3. The zero-order chi connectivity index (χ0) is 14.1. The van der Waals surface area contributed by atoms with Crippen LogP contribution in [0.15, 0.2) is 30.5 Å². The van der Waals surface area contributed by atoms with Crippen LogP contribution in [0.3, 0.4) is 0 Å². The highest BCUT2D eigenvalue weighted by Gasteiger charge is 2.18. The second-order valence-corrected chi connectivity index (χ2v) is 5.73. The number of hydrogen-bond acceptors (Lipinski definition) is 4. The van der Waals surface area contributed by atoms with E-state index >= 15 is 0 Å². The van der Waals surface area contributed by atoms with E-state index in [1.165, 1.54) is 23.5 Å². The molecule has 0 saturated carbocycles. The topological polar surface area (TPSA) is 50.9 Å². The summed E-state index contributed by atoms with van der Waals surface area (Å²) in [4.78, 5) is 0.769. The third kappa shape index (κ3) is 2.32. The Morgan fingerprint density at radius 3 is 3.05 bits per heavy atom. The van der Waals surface area contributed by atoms with Crippen LogP contribution < -0.4 is 0 Å². The molecular formula is C14H14FN3OS. The minimum atomic E-state index is -0.781. The number of hydrogen-bond donors (Lipinski definition) is 1. The molecule has 20 heavy (non-hydrogen) atoms. The molecule has 0 aliphatic carbocycles. The van der Waals surface area contributed by atoms with Gasteiger partial charge in [-0.2, -0.15) is 0 Å². The molecule has 1 atom stereocenters. The average molecular weight is 291 g/mol. The van der Waals surface area contributed by atoms with Crippen molar-refractivity contribution in [2.75, 3.05) is 0 Å². The molecule has 0 amide bonds. The molecule has 4 nitrogen and oxygen atoms in total. The van der Waals surface area contributed by atoms with E-state index < -0.39 is 6.10 Å². The molecule has 3 rings (SSSR count). The van der Waals surface area contributed by atoms with Crippen LogP contribution in [0.4, 0.5) is 4.39 Å². The molecule has 0 saturated heterocycles. The largest absolute Gasteiger partial charge is 0.381 e. The first-order valence-electron chi connectivity index (χ1n) is 6.44. The Labute approximate surface area is 119 Å². The van der Waals surface area contributed by atoms with Crippen LogP contribution >= 0.6 is 11.3 Å². The number of halogens is 1. The van der Waals surface area contributed by atoms with Crippen LogP contribution in [0.5, 0.6) is 0 Å². The van der Waals surface area contributed by atoms with Crippen molar-refractivity contribution >= 4 is 21.4 Å². The molecule has 0 radical (unpaired) electrons. The molecule has 0 bridgehead atoms. The number of aromatic nitrogens is 3. The fourth-order valence-electron chi connectivity index (χ4n) is 2.18. The first-order chi connectivity index (χ1) is 9.69. The SMILES string of the molecule is CCCn1nncc1C(O)c1cc2cc(F)ccc2s1. The van der Waals surface area contributed by atoms with Gasteiger partial charge in [0.25, 0.3) is 0 Å². The summed E-state index contributed by atoms with van der Waals surface area (Å²) in [5.74, 6) is -0.269. The van der Waals surface area contributed by atoms with Crippen molar-refractivity contribution in [3.8, 4) is 0 Å². The Kier molecular flexibility index (Phi) is 3.50. The van der Waals surface area contributed by atoms with Gasteiger partial charge in [0.05, 0.1) is 11.9 Å². The van der Waals surface area contributed by atoms with Gasteiger partial charge in [-0.1, -0.05) is 12.1 Å². The number of thiophene rings is 1. The summed E-state index contributed by atoms with van der Waals surface area (Å²) in [7, 11) is 0. The van der Waals surface area contributed by atoms with Gasteiger partial charge < -0.3 is 5.11 Å². The van der Waals surface area contributed by atoms with Crippen LogP contribution in [-0.2, 0) is 6.54 Å². The van der Waals surface area contributed by atoms with Crippen molar-refractivity contribution in [3.63, 3.8) is 0 Å². The Balaban J connectivity index is 1.99. The van der Waals surface area contributed by atoms with Crippen molar-refractivity contribution in [1.82, 2.24) is 15.0 Å². The number of fused-ring (bicyclic) bond motifs is 1. The summed E-state index contributed by atoms with van der Waals surface area (Å²) in [5, 5.41) is 19.1. The summed E-state index contributed by atoms with van der Waals surface area (Å²) < 4.78 is 15.9. The maximum Gasteiger partial charge on any atom is 0.131 e. The third-order valence-corrected chi connectivity index (χ3v) is 4.30. The van der Waals surface area contributed by atoms with Gasteiger partial charge in [0.15, 0.2) is 0 Å². The summed E-state index contributed by atoms with van der Waals surface area (Å²) in [6.45, 7) is 2.76. The monoisotopic (exact) mass is 291 g/mol. The van der Waals surface area contributed by atoms with Gasteiger partial charge in [-0.05, 0) is 36.1 Å². The fraction of sp³-hybridized carbons (Fsp3) is 0.286. The van der Waals surface area contributed by atoms with Crippen molar-refractivity contribution in [1.29, 1.82) is 0 Å². The minimum Gasteiger partial charge on any atom is -0.381 e. The molecule has 1 N–H and O–H groups in total. The molecule has 3 aromatic rings. The van der Waals surface area contributed by atoms with Gasteiger partial charge in [0.1, 0.15) is 11.9 Å². The van der Waals surface area contributed by atoms with E-state index in [1.807, 2.05) is 13.0 Å². The molecule has 1 unspecified atom stereocenters. The number of rotatable bonds is 4. The van der Waals surface area contributed by atoms with Crippen LogP contribution in [0.25, 0.3) is 10.1 Å². The Morgan fingerprint density at radius 1 is 1.40 bits per heavy atom. The first kappa shape index (κ1) is 13.2. The molecule has 2 aromatic heterocycles. The summed E-state index contributed by atoms with van der Waals surface area (Å²) >= 11 is 1.45. The lowest BCUT2D eigenvalue weighted by molar-refractivity contribution is 0.211. The number of aryl methyl sites for hydroxylation is 1. The zero-order valence-electron chi connectivity index (χ0n) is 11.0. The second kappa shape index (κ2) is 5.30. The first-order valence-corrected chi connectivity index (χ1v) is 7.26. The highest BCUT2D eigenvalue weighted by molar-refractivity contribution is 7.19. The smallest absolute Gasteiger partial charge is 0.131 e. The summed E-state index contributed by atoms with van der Waals surface area (Å²) in [6, 6.07) is 6.45. The quantitative estimate of drug-likeness (QED) is 0.803. The van der Waals surface area contributed by atoms with Crippen LogP contribution in [0.2, 0.25) is 0 Å². The van der Waals surface area contributed by atoms with Crippen LogP contribution in [-0.4, -0.2) is 20.1 Å². The molecule has 0 fully saturated rings. The highest BCUT2D eigenvalue weighted by Crippen LogP contribution is 2.33. The van der Waals surface area contributed by atoms with Gasteiger partial charge in [-0.25, -0.2) is 9.07 Å². The van der Waals surface area contributed by atoms with E-state index in [9.17, 15) is 9.50 Å². The fourth-order valence-corrected chi connectivity index (χ4v) is 3.22. The maximum atomic E-state index is 13.2. The molecule has 0 spiro atoms. The summed E-state index contributed by atoms with van der Waals surface area (Å²) in [5.41, 5.74) is 0.666. The van der Waals surface area contributed by atoms with E-state index in [-0.39, 0.29) is 5.82 Å². The van der Waals surface area contributed by atoms with E-state index in [4.69, 9.17) is 0 Å². The molecule has 104 valence electrons. The number of nitrogens with zero attached hydrogens (tertiary/aromatic N) is 3. The van der Waals surface area contributed by atoms with Gasteiger partial charge in [-0.3, -0.25) is 0 Å². The molecule has 0 aliphatic heterocycles. The van der Waals surface area contributed by atoms with E-state index in [0.717, 1.165) is 21.4 Å². The Morgan fingerprint density at radius 2 is 2.25 bits per heavy atom. The van der Waals surface area contributed by atoms with Crippen molar-refractivity contribution < 1.29 is 9.50 Å². The minimum absolute atomic E-state index is 0.269. The lowest BCUT2D eigenvalue weighted by Crippen LogP contribution is -2.09. The van der Waals surface area contributed by atoms with Crippen molar-refractivity contribution in [2.24, 2.45) is 0 Å². The van der Waals surface area contributed by atoms with Gasteiger partial charge in [0.2, 0.25) is 0 Å². The molecule has 2 heterocycles. The molecular weight excluding hydrogens is 277 g/mol. The Bertz CT molecular complexity index is 737. The predicted molar refractivity (Wildman–Crippen MR) is 76.2 cm³/mol. The van der Waals surface area contributed by atoms with Crippen molar-refractivity contribution in [3.05, 3.63) is 46.9 Å². The van der Waals surface area contributed by atoms with Gasteiger partial charge in [-0.15, -0.1) is 16.4 Å². The Hall–Kier alpha value is -1.79. The molecule has 0 aliphatic rings. The average Bonchev–Trinajstić information content (AvgIpc) is 3.04. The summed E-state index contributed by atoms with van der Waals surface area (Å²) in [6.07, 6.45) is 1.71. The number of benzene rings is 1.